The topological polar surface area (TPSA) is 55.1 Å². The van der Waals surface area contributed by atoms with Gasteiger partial charge in [-0.2, -0.15) is 5.10 Å². The summed E-state index contributed by atoms with van der Waals surface area (Å²) in [4.78, 5) is 11.3. The molecule has 1 aromatic heterocycles. The quantitative estimate of drug-likeness (QED) is 0.928. The molecule has 0 saturated carbocycles. The number of nitrogens with zero attached hydrogens (tertiary/aromatic N) is 2. The Morgan fingerprint density at radius 1 is 1.20 bits per heavy atom. The Labute approximate surface area is 119 Å². The molecule has 0 unspecified atom stereocenters. The van der Waals surface area contributed by atoms with Crippen LogP contribution in [0.25, 0.3) is 5.69 Å². The molecule has 20 heavy (non-hydrogen) atoms. The van der Waals surface area contributed by atoms with Crippen molar-refractivity contribution in [2.24, 2.45) is 0 Å². The summed E-state index contributed by atoms with van der Waals surface area (Å²) in [5.74, 6) is -0.774. The highest BCUT2D eigenvalue weighted by Gasteiger charge is 2.22. The third kappa shape index (κ3) is 2.22. The van der Waals surface area contributed by atoms with Crippen LogP contribution in [-0.2, 0) is 0 Å². The van der Waals surface area contributed by atoms with Gasteiger partial charge in [-0.05, 0) is 43.9 Å². The van der Waals surface area contributed by atoms with Gasteiger partial charge in [-0.1, -0.05) is 26.0 Å². The predicted molar refractivity (Wildman–Crippen MR) is 78.8 cm³/mol. The van der Waals surface area contributed by atoms with Crippen LogP contribution in [0, 0.1) is 20.8 Å². The number of hydrogen-bond acceptors (Lipinski definition) is 2. The zero-order valence-corrected chi connectivity index (χ0v) is 12.6. The third-order valence-electron chi connectivity index (χ3n) is 3.72. The first-order valence-corrected chi connectivity index (χ1v) is 6.74. The lowest BCUT2D eigenvalue weighted by Gasteiger charge is -2.14. The highest BCUT2D eigenvalue weighted by Crippen LogP contribution is 2.27. The van der Waals surface area contributed by atoms with E-state index in [1.807, 2.05) is 39.0 Å². The average molecular weight is 272 g/mol. The SMILES string of the molecule is Cc1cccc(-n2nc(C(=O)O)c(C)c2C(C)C)c1C. The first-order valence-electron chi connectivity index (χ1n) is 6.74. The fraction of sp³-hybridized carbons (Fsp3) is 0.375. The summed E-state index contributed by atoms with van der Waals surface area (Å²) in [7, 11) is 0. The van der Waals surface area contributed by atoms with Crippen LogP contribution in [0.5, 0.6) is 0 Å². The molecule has 0 saturated heterocycles. The standard InChI is InChI=1S/C16H20N2O2/c1-9(2)15-12(5)14(16(19)20)17-18(15)13-8-6-7-10(3)11(13)4/h6-9H,1-5H3,(H,19,20). The maximum absolute atomic E-state index is 11.3. The van der Waals surface area contributed by atoms with E-state index in [9.17, 15) is 9.90 Å². The summed E-state index contributed by atoms with van der Waals surface area (Å²) in [6, 6.07) is 5.99. The zero-order chi connectivity index (χ0) is 15.0. The van der Waals surface area contributed by atoms with Gasteiger partial charge in [-0.15, -0.1) is 0 Å². The molecule has 0 radical (unpaired) electrons. The van der Waals surface area contributed by atoms with Crippen LogP contribution < -0.4 is 0 Å². The smallest absolute Gasteiger partial charge is 0.356 e. The predicted octanol–water partition coefficient (Wildman–Crippen LogP) is 3.62. The monoisotopic (exact) mass is 272 g/mol. The Hall–Kier alpha value is -2.10. The molecule has 0 aliphatic carbocycles. The maximum atomic E-state index is 11.3. The van der Waals surface area contributed by atoms with Crippen molar-refractivity contribution in [3.8, 4) is 5.69 Å². The highest BCUT2D eigenvalue weighted by atomic mass is 16.4. The van der Waals surface area contributed by atoms with Crippen LogP contribution in [0.2, 0.25) is 0 Å². The van der Waals surface area contributed by atoms with Crippen LogP contribution in [0.3, 0.4) is 0 Å². The molecule has 0 atom stereocenters. The Bertz CT molecular complexity index is 669. The van der Waals surface area contributed by atoms with E-state index in [4.69, 9.17) is 0 Å². The normalized spacial score (nSPS) is 11.1. The first kappa shape index (κ1) is 14.3. The molecule has 0 aliphatic heterocycles. The van der Waals surface area contributed by atoms with Gasteiger partial charge in [0.25, 0.3) is 0 Å². The average Bonchev–Trinajstić information content (AvgIpc) is 2.70. The molecule has 0 spiro atoms. The van der Waals surface area contributed by atoms with E-state index in [1.54, 1.807) is 4.68 Å². The first-order chi connectivity index (χ1) is 9.34. The van der Waals surface area contributed by atoms with Gasteiger partial charge in [0, 0.05) is 5.56 Å². The number of carbonyl (C=O) groups is 1. The molecular weight excluding hydrogens is 252 g/mol. The Morgan fingerprint density at radius 3 is 2.40 bits per heavy atom. The van der Waals surface area contributed by atoms with E-state index in [1.165, 1.54) is 5.56 Å². The molecule has 0 bridgehead atoms. The second kappa shape index (κ2) is 5.12. The van der Waals surface area contributed by atoms with E-state index < -0.39 is 5.97 Å². The fourth-order valence-electron chi connectivity index (χ4n) is 2.54. The summed E-state index contributed by atoms with van der Waals surface area (Å²) in [5.41, 5.74) is 5.07. The van der Waals surface area contributed by atoms with Gasteiger partial charge in [0.2, 0.25) is 0 Å². The van der Waals surface area contributed by atoms with Crippen LogP contribution in [0.15, 0.2) is 18.2 Å². The molecule has 0 aliphatic rings. The Morgan fingerprint density at radius 2 is 1.85 bits per heavy atom. The molecule has 106 valence electrons. The number of rotatable bonds is 3. The summed E-state index contributed by atoms with van der Waals surface area (Å²) < 4.78 is 1.78. The molecule has 0 amide bonds. The lowest BCUT2D eigenvalue weighted by Crippen LogP contribution is -2.07. The van der Waals surface area contributed by atoms with Crippen molar-refractivity contribution >= 4 is 5.97 Å². The molecule has 4 heteroatoms. The number of hydrogen-bond donors (Lipinski definition) is 1. The van der Waals surface area contributed by atoms with Gasteiger partial charge in [-0.3, -0.25) is 0 Å². The van der Waals surface area contributed by atoms with E-state index in [-0.39, 0.29) is 11.6 Å². The van der Waals surface area contributed by atoms with Gasteiger partial charge in [0.05, 0.1) is 11.4 Å². The van der Waals surface area contributed by atoms with Gasteiger partial charge in [0.15, 0.2) is 5.69 Å². The molecule has 0 fully saturated rings. The van der Waals surface area contributed by atoms with E-state index in [0.29, 0.717) is 0 Å². The van der Waals surface area contributed by atoms with Gasteiger partial charge in [-0.25, -0.2) is 9.48 Å². The summed E-state index contributed by atoms with van der Waals surface area (Å²) >= 11 is 0. The van der Waals surface area contributed by atoms with Gasteiger partial charge < -0.3 is 5.11 Å². The van der Waals surface area contributed by atoms with Gasteiger partial charge in [0.1, 0.15) is 0 Å². The fourth-order valence-corrected chi connectivity index (χ4v) is 2.54. The van der Waals surface area contributed by atoms with Crippen LogP contribution >= 0.6 is 0 Å². The Kier molecular flexibility index (Phi) is 3.66. The number of carboxylic acids is 1. The number of carboxylic acid groups (broad SMARTS) is 1. The third-order valence-corrected chi connectivity index (χ3v) is 3.72. The lowest BCUT2D eigenvalue weighted by atomic mass is 10.0. The van der Waals surface area contributed by atoms with Crippen molar-refractivity contribution in [3.05, 3.63) is 46.3 Å². The summed E-state index contributed by atoms with van der Waals surface area (Å²) in [6.45, 7) is 10.0. The van der Waals surface area contributed by atoms with Crippen LogP contribution in [0.4, 0.5) is 0 Å². The lowest BCUT2D eigenvalue weighted by molar-refractivity contribution is 0.0689. The largest absolute Gasteiger partial charge is 0.476 e. The van der Waals surface area contributed by atoms with E-state index in [2.05, 4.69) is 18.9 Å². The van der Waals surface area contributed by atoms with Crippen LogP contribution in [-0.4, -0.2) is 20.9 Å². The van der Waals surface area contributed by atoms with Crippen molar-refractivity contribution in [1.29, 1.82) is 0 Å². The molecule has 1 N–H and O–H groups in total. The van der Waals surface area contributed by atoms with Crippen molar-refractivity contribution in [2.45, 2.75) is 40.5 Å². The van der Waals surface area contributed by atoms with E-state index in [0.717, 1.165) is 22.5 Å². The molecule has 2 aromatic rings. The molecule has 4 nitrogen and oxygen atoms in total. The number of aromatic carboxylic acids is 1. The number of benzene rings is 1. The molecule has 1 heterocycles. The molecular formula is C16H20N2O2. The van der Waals surface area contributed by atoms with Gasteiger partial charge >= 0.3 is 5.97 Å². The van der Waals surface area contributed by atoms with Crippen molar-refractivity contribution < 1.29 is 9.90 Å². The second-order valence-electron chi connectivity index (χ2n) is 5.45. The summed E-state index contributed by atoms with van der Waals surface area (Å²) in [5, 5.41) is 13.6. The molecule has 1 aromatic carbocycles. The number of aromatic nitrogens is 2. The van der Waals surface area contributed by atoms with Crippen LogP contribution in [0.1, 0.15) is 52.6 Å². The zero-order valence-electron chi connectivity index (χ0n) is 12.6. The maximum Gasteiger partial charge on any atom is 0.356 e. The minimum absolute atomic E-state index is 0.134. The minimum atomic E-state index is -0.978. The van der Waals surface area contributed by atoms with Crippen molar-refractivity contribution in [1.82, 2.24) is 9.78 Å². The van der Waals surface area contributed by atoms with Crippen molar-refractivity contribution in [2.75, 3.05) is 0 Å². The number of aryl methyl sites for hydroxylation is 1. The van der Waals surface area contributed by atoms with E-state index >= 15 is 0 Å². The van der Waals surface area contributed by atoms with Crippen molar-refractivity contribution in [3.63, 3.8) is 0 Å². The highest BCUT2D eigenvalue weighted by molar-refractivity contribution is 5.87. The minimum Gasteiger partial charge on any atom is -0.476 e. The second-order valence-corrected chi connectivity index (χ2v) is 5.45. The summed E-state index contributed by atoms with van der Waals surface area (Å²) in [6.07, 6.45) is 0. The Balaban J connectivity index is 2.76. The molecule has 2 rings (SSSR count).